The Morgan fingerprint density at radius 2 is 2.05 bits per heavy atom. The molecule has 0 fully saturated rings. The Kier molecular flexibility index (Phi) is 4.52. The van der Waals surface area contributed by atoms with E-state index in [2.05, 4.69) is 46.6 Å². The summed E-state index contributed by atoms with van der Waals surface area (Å²) >= 11 is 0. The first-order chi connectivity index (χ1) is 9.19. The molecule has 1 atom stereocenters. The molecule has 1 N–H and O–H groups in total. The van der Waals surface area contributed by atoms with Crippen LogP contribution < -0.4 is 10.1 Å². The second-order valence-electron chi connectivity index (χ2n) is 4.69. The highest BCUT2D eigenvalue weighted by Crippen LogP contribution is 2.15. The van der Waals surface area contributed by atoms with Gasteiger partial charge in [-0.15, -0.1) is 5.10 Å². The molecule has 102 valence electrons. The maximum atomic E-state index is 5.51. The third kappa shape index (κ3) is 3.79. The lowest BCUT2D eigenvalue weighted by Gasteiger charge is -2.11. The van der Waals surface area contributed by atoms with Crippen molar-refractivity contribution in [2.45, 2.75) is 19.4 Å². The van der Waals surface area contributed by atoms with Gasteiger partial charge in [-0.2, -0.15) is 4.98 Å². The van der Waals surface area contributed by atoms with Gasteiger partial charge < -0.3 is 10.1 Å². The van der Waals surface area contributed by atoms with Crippen molar-refractivity contribution < 1.29 is 4.74 Å². The Balaban J connectivity index is 1.91. The minimum atomic E-state index is 0.412. The van der Waals surface area contributed by atoms with Crippen LogP contribution in [0.15, 0.2) is 30.6 Å². The van der Waals surface area contributed by atoms with Crippen molar-refractivity contribution in [2.75, 3.05) is 13.6 Å². The van der Waals surface area contributed by atoms with E-state index in [1.165, 1.54) is 5.56 Å². The normalized spacial score (nSPS) is 12.4. The number of benzene rings is 1. The molecular formula is C14H20N4O. The van der Waals surface area contributed by atoms with E-state index >= 15 is 0 Å². The fraction of sp³-hybridized carbons (Fsp3) is 0.429. The lowest BCUT2D eigenvalue weighted by atomic mass is 10.00. The molecule has 0 aliphatic carbocycles. The van der Waals surface area contributed by atoms with Gasteiger partial charge in [0.05, 0.1) is 0 Å². The first-order valence-corrected chi connectivity index (χ1v) is 6.41. The van der Waals surface area contributed by atoms with Gasteiger partial charge in [-0.25, -0.2) is 0 Å². The van der Waals surface area contributed by atoms with Crippen molar-refractivity contribution in [1.29, 1.82) is 0 Å². The number of likely N-dealkylation sites (N-methyl/N-ethyl adjacent to an activating group) is 1. The molecular weight excluding hydrogens is 240 g/mol. The Hall–Kier alpha value is -1.88. The Morgan fingerprint density at radius 3 is 2.63 bits per heavy atom. The summed E-state index contributed by atoms with van der Waals surface area (Å²) in [6.45, 7) is 3.68. The number of nitrogens with zero attached hydrogens (tertiary/aromatic N) is 3. The Morgan fingerprint density at radius 1 is 1.32 bits per heavy atom. The summed E-state index contributed by atoms with van der Waals surface area (Å²) in [5, 5.41) is 7.26. The number of aromatic nitrogens is 3. The fourth-order valence-corrected chi connectivity index (χ4v) is 1.90. The number of nitrogens with one attached hydrogen (secondary N) is 1. The van der Waals surface area contributed by atoms with Gasteiger partial charge in [0.15, 0.2) is 0 Å². The number of hydrogen-bond acceptors (Lipinski definition) is 4. The number of aryl methyl sites for hydroxylation is 1. The third-order valence-electron chi connectivity index (χ3n) is 3.01. The van der Waals surface area contributed by atoms with Crippen LogP contribution >= 0.6 is 0 Å². The van der Waals surface area contributed by atoms with Crippen LogP contribution in [0.3, 0.4) is 0 Å². The van der Waals surface area contributed by atoms with Crippen molar-refractivity contribution in [1.82, 2.24) is 20.1 Å². The van der Waals surface area contributed by atoms with E-state index in [9.17, 15) is 0 Å². The van der Waals surface area contributed by atoms with Gasteiger partial charge in [0.1, 0.15) is 12.9 Å². The van der Waals surface area contributed by atoms with Crippen molar-refractivity contribution in [2.24, 2.45) is 7.05 Å². The molecule has 0 saturated carbocycles. The molecule has 5 nitrogen and oxygen atoms in total. The molecule has 0 bridgehead atoms. The third-order valence-corrected chi connectivity index (χ3v) is 3.01. The summed E-state index contributed by atoms with van der Waals surface area (Å²) in [6, 6.07) is 8.88. The monoisotopic (exact) mass is 260 g/mol. The minimum Gasteiger partial charge on any atom is -0.458 e. The van der Waals surface area contributed by atoms with Gasteiger partial charge in [0.25, 0.3) is 0 Å². The molecule has 2 rings (SSSR count). The lowest BCUT2D eigenvalue weighted by molar-refractivity contribution is 0.280. The van der Waals surface area contributed by atoms with Crippen LogP contribution in [0.25, 0.3) is 0 Å². The van der Waals surface area contributed by atoms with Crippen molar-refractivity contribution in [3.05, 3.63) is 41.7 Å². The van der Waals surface area contributed by atoms with E-state index in [0.717, 1.165) is 12.1 Å². The molecule has 1 aromatic heterocycles. The standard InChI is InChI=1S/C14H20N4O/c1-11(8-15-2)13-6-4-12(5-7-13)9-19-14-16-10-18(3)17-14/h4-7,10-11,15H,8-9H2,1-3H3. The molecule has 1 heterocycles. The zero-order valence-corrected chi connectivity index (χ0v) is 11.6. The van der Waals surface area contributed by atoms with Crippen LogP contribution in [0.2, 0.25) is 0 Å². The van der Waals surface area contributed by atoms with E-state index in [1.807, 2.05) is 14.1 Å². The molecule has 0 spiro atoms. The zero-order chi connectivity index (χ0) is 13.7. The molecule has 2 aromatic rings. The quantitative estimate of drug-likeness (QED) is 0.859. The molecule has 0 saturated heterocycles. The van der Waals surface area contributed by atoms with Crippen LogP contribution in [-0.2, 0) is 13.7 Å². The van der Waals surface area contributed by atoms with E-state index < -0.39 is 0 Å². The molecule has 1 unspecified atom stereocenters. The van der Waals surface area contributed by atoms with E-state index in [0.29, 0.717) is 18.5 Å². The number of rotatable bonds is 6. The highest BCUT2D eigenvalue weighted by atomic mass is 16.5. The Bertz CT molecular complexity index is 506. The van der Waals surface area contributed by atoms with E-state index in [4.69, 9.17) is 4.74 Å². The second-order valence-corrected chi connectivity index (χ2v) is 4.69. The molecule has 0 amide bonds. The number of hydrogen-bond donors (Lipinski definition) is 1. The van der Waals surface area contributed by atoms with Gasteiger partial charge in [-0.05, 0) is 24.1 Å². The van der Waals surface area contributed by atoms with Crippen molar-refractivity contribution in [3.8, 4) is 6.01 Å². The zero-order valence-electron chi connectivity index (χ0n) is 11.6. The predicted molar refractivity (Wildman–Crippen MR) is 74.1 cm³/mol. The van der Waals surface area contributed by atoms with Gasteiger partial charge >= 0.3 is 6.01 Å². The SMILES string of the molecule is CNCC(C)c1ccc(COc2ncn(C)n2)cc1. The largest absolute Gasteiger partial charge is 0.458 e. The topological polar surface area (TPSA) is 52.0 Å². The highest BCUT2D eigenvalue weighted by Gasteiger charge is 2.05. The van der Waals surface area contributed by atoms with Crippen LogP contribution in [0.5, 0.6) is 6.01 Å². The fourth-order valence-electron chi connectivity index (χ4n) is 1.90. The van der Waals surface area contributed by atoms with Crippen LogP contribution in [0, 0.1) is 0 Å². The van der Waals surface area contributed by atoms with Crippen molar-refractivity contribution >= 4 is 0 Å². The first-order valence-electron chi connectivity index (χ1n) is 6.41. The number of ether oxygens (including phenoxy) is 1. The second kappa shape index (κ2) is 6.33. The predicted octanol–water partition coefficient (Wildman–Crippen LogP) is 1.72. The van der Waals surface area contributed by atoms with Gasteiger partial charge in [0, 0.05) is 13.6 Å². The first kappa shape index (κ1) is 13.5. The molecule has 0 aliphatic rings. The minimum absolute atomic E-state index is 0.412. The summed E-state index contributed by atoms with van der Waals surface area (Å²) < 4.78 is 7.13. The molecule has 1 aromatic carbocycles. The lowest BCUT2D eigenvalue weighted by Crippen LogP contribution is -2.14. The molecule has 0 radical (unpaired) electrons. The maximum Gasteiger partial charge on any atom is 0.335 e. The van der Waals surface area contributed by atoms with Gasteiger partial charge in [0.2, 0.25) is 0 Å². The van der Waals surface area contributed by atoms with E-state index in [-0.39, 0.29) is 0 Å². The van der Waals surface area contributed by atoms with Crippen LogP contribution in [-0.4, -0.2) is 28.4 Å². The summed E-state index contributed by atoms with van der Waals surface area (Å²) in [6.07, 6.45) is 1.62. The molecule has 5 heteroatoms. The average Bonchev–Trinajstić information content (AvgIpc) is 2.83. The average molecular weight is 260 g/mol. The molecule has 19 heavy (non-hydrogen) atoms. The summed E-state index contributed by atoms with van der Waals surface area (Å²) in [5.41, 5.74) is 2.45. The van der Waals surface area contributed by atoms with Crippen LogP contribution in [0.1, 0.15) is 24.0 Å². The van der Waals surface area contributed by atoms with Crippen molar-refractivity contribution in [3.63, 3.8) is 0 Å². The Labute approximate surface area is 113 Å². The van der Waals surface area contributed by atoms with Crippen LogP contribution in [0.4, 0.5) is 0 Å². The van der Waals surface area contributed by atoms with E-state index in [1.54, 1.807) is 11.0 Å². The molecule has 0 aliphatic heterocycles. The summed E-state index contributed by atoms with van der Waals surface area (Å²) in [7, 11) is 3.79. The smallest absolute Gasteiger partial charge is 0.335 e. The summed E-state index contributed by atoms with van der Waals surface area (Å²) in [4.78, 5) is 4.02. The van der Waals surface area contributed by atoms with Gasteiger partial charge in [-0.1, -0.05) is 31.2 Å². The van der Waals surface area contributed by atoms with Gasteiger partial charge in [-0.3, -0.25) is 4.68 Å². The summed E-state index contributed by atoms with van der Waals surface area (Å²) in [5.74, 6) is 0.512. The highest BCUT2D eigenvalue weighted by molar-refractivity contribution is 5.25. The maximum absolute atomic E-state index is 5.51.